The van der Waals surface area contributed by atoms with Crippen LogP contribution in [0.5, 0.6) is 0 Å². The number of halogens is 1. The molecule has 0 spiro atoms. The second kappa shape index (κ2) is 3.84. The molecule has 78 valence electrons. The van der Waals surface area contributed by atoms with Gasteiger partial charge in [-0.05, 0) is 38.4 Å². The third-order valence-electron chi connectivity index (χ3n) is 3.32. The summed E-state index contributed by atoms with van der Waals surface area (Å²) in [5, 5.41) is 3.37. The van der Waals surface area contributed by atoms with Crippen molar-refractivity contribution in [3.05, 3.63) is 21.3 Å². The van der Waals surface area contributed by atoms with E-state index in [1.807, 2.05) is 6.07 Å². The first-order valence-corrected chi connectivity index (χ1v) is 6.26. The van der Waals surface area contributed by atoms with Gasteiger partial charge >= 0.3 is 0 Å². The Hall–Kier alpha value is -0.0500. The standard InChI is InChI=1S/C11H16ClNS/c1-11(6-5-8(7-11)13-2)9-3-4-10(12)14-9/h3-4,8,13H,5-7H2,1-2H3. The van der Waals surface area contributed by atoms with E-state index < -0.39 is 0 Å². The predicted octanol–water partition coefficient (Wildman–Crippen LogP) is 3.43. The van der Waals surface area contributed by atoms with Crippen molar-refractivity contribution in [1.29, 1.82) is 0 Å². The zero-order chi connectivity index (χ0) is 10.2. The molecule has 0 aliphatic heterocycles. The van der Waals surface area contributed by atoms with Crippen molar-refractivity contribution in [3.8, 4) is 0 Å². The van der Waals surface area contributed by atoms with E-state index in [1.54, 1.807) is 11.3 Å². The molecule has 1 aliphatic carbocycles. The third-order valence-corrected chi connectivity index (χ3v) is 4.86. The molecule has 1 aromatic heterocycles. The van der Waals surface area contributed by atoms with Crippen molar-refractivity contribution >= 4 is 22.9 Å². The van der Waals surface area contributed by atoms with Crippen molar-refractivity contribution < 1.29 is 0 Å². The smallest absolute Gasteiger partial charge is 0.0931 e. The molecule has 14 heavy (non-hydrogen) atoms. The van der Waals surface area contributed by atoms with Crippen molar-refractivity contribution in [2.24, 2.45) is 0 Å². The molecule has 0 amide bonds. The predicted molar refractivity (Wildman–Crippen MR) is 63.4 cm³/mol. The lowest BCUT2D eigenvalue weighted by Gasteiger charge is -2.22. The second-order valence-corrected chi connectivity index (χ2v) is 6.11. The first-order chi connectivity index (χ1) is 6.64. The lowest BCUT2D eigenvalue weighted by molar-refractivity contribution is 0.475. The molecule has 2 unspecified atom stereocenters. The lowest BCUT2D eigenvalue weighted by Crippen LogP contribution is -2.25. The lowest BCUT2D eigenvalue weighted by atomic mass is 9.87. The van der Waals surface area contributed by atoms with E-state index in [2.05, 4.69) is 25.4 Å². The van der Waals surface area contributed by atoms with E-state index in [-0.39, 0.29) is 0 Å². The van der Waals surface area contributed by atoms with Gasteiger partial charge in [0.25, 0.3) is 0 Å². The van der Waals surface area contributed by atoms with Gasteiger partial charge in [-0.2, -0.15) is 0 Å². The Kier molecular flexibility index (Phi) is 2.87. The number of thiophene rings is 1. The van der Waals surface area contributed by atoms with Crippen LogP contribution in [-0.2, 0) is 5.41 Å². The molecule has 3 heteroatoms. The first kappa shape index (κ1) is 10.5. The van der Waals surface area contributed by atoms with Gasteiger partial charge in [0, 0.05) is 16.3 Å². The van der Waals surface area contributed by atoms with Gasteiger partial charge in [0.15, 0.2) is 0 Å². The van der Waals surface area contributed by atoms with E-state index in [9.17, 15) is 0 Å². The highest BCUT2D eigenvalue weighted by Gasteiger charge is 2.36. The van der Waals surface area contributed by atoms with E-state index >= 15 is 0 Å². The van der Waals surface area contributed by atoms with Crippen LogP contribution >= 0.6 is 22.9 Å². The monoisotopic (exact) mass is 229 g/mol. The van der Waals surface area contributed by atoms with Crippen molar-refractivity contribution in [2.45, 2.75) is 37.6 Å². The molecule has 0 saturated heterocycles. The van der Waals surface area contributed by atoms with Crippen molar-refractivity contribution in [2.75, 3.05) is 7.05 Å². The summed E-state index contributed by atoms with van der Waals surface area (Å²) in [4.78, 5) is 1.44. The highest BCUT2D eigenvalue weighted by Crippen LogP contribution is 2.44. The zero-order valence-corrected chi connectivity index (χ0v) is 10.2. The minimum absolute atomic E-state index is 0.353. The maximum absolute atomic E-state index is 5.97. The summed E-state index contributed by atoms with van der Waals surface area (Å²) in [5.41, 5.74) is 0.353. The molecule has 1 nitrogen and oxygen atoms in total. The summed E-state index contributed by atoms with van der Waals surface area (Å²) >= 11 is 7.71. The van der Waals surface area contributed by atoms with Gasteiger partial charge in [-0.1, -0.05) is 18.5 Å². The van der Waals surface area contributed by atoms with Gasteiger partial charge < -0.3 is 5.32 Å². The fraction of sp³-hybridized carbons (Fsp3) is 0.636. The number of hydrogen-bond donors (Lipinski definition) is 1. The van der Waals surface area contributed by atoms with E-state index in [1.165, 1.54) is 24.1 Å². The van der Waals surface area contributed by atoms with Crippen LogP contribution in [0.3, 0.4) is 0 Å². The molecule has 0 aromatic carbocycles. The summed E-state index contributed by atoms with van der Waals surface area (Å²) in [5.74, 6) is 0. The quantitative estimate of drug-likeness (QED) is 0.820. The van der Waals surface area contributed by atoms with Crippen LogP contribution < -0.4 is 5.32 Å². The van der Waals surface area contributed by atoms with Gasteiger partial charge in [0.1, 0.15) is 0 Å². The van der Waals surface area contributed by atoms with Gasteiger partial charge in [-0.3, -0.25) is 0 Å². The fourth-order valence-corrected chi connectivity index (χ4v) is 3.58. The van der Waals surface area contributed by atoms with E-state index in [4.69, 9.17) is 11.6 Å². The average molecular weight is 230 g/mol. The molecular weight excluding hydrogens is 214 g/mol. The summed E-state index contributed by atoms with van der Waals surface area (Å²) in [6, 6.07) is 4.88. The Balaban J connectivity index is 2.18. The Bertz CT molecular complexity index is 323. The summed E-state index contributed by atoms with van der Waals surface area (Å²) in [6.45, 7) is 2.35. The van der Waals surface area contributed by atoms with E-state index in [0.29, 0.717) is 11.5 Å². The van der Waals surface area contributed by atoms with Crippen LogP contribution in [0.2, 0.25) is 4.34 Å². The average Bonchev–Trinajstić information content (AvgIpc) is 2.73. The third kappa shape index (κ3) is 1.83. The first-order valence-electron chi connectivity index (χ1n) is 5.07. The molecule has 2 atom stereocenters. The van der Waals surface area contributed by atoms with Gasteiger partial charge in [-0.15, -0.1) is 11.3 Å². The number of nitrogens with one attached hydrogen (secondary N) is 1. The molecule has 1 fully saturated rings. The molecule has 1 aliphatic rings. The number of rotatable bonds is 2. The largest absolute Gasteiger partial charge is 0.317 e. The highest BCUT2D eigenvalue weighted by atomic mass is 35.5. The molecular formula is C11H16ClNS. The maximum atomic E-state index is 5.97. The maximum Gasteiger partial charge on any atom is 0.0931 e. The summed E-state index contributed by atoms with van der Waals surface area (Å²) < 4.78 is 0.911. The number of hydrogen-bond acceptors (Lipinski definition) is 2. The Morgan fingerprint density at radius 2 is 2.36 bits per heavy atom. The molecule has 1 saturated carbocycles. The summed E-state index contributed by atoms with van der Waals surface area (Å²) in [7, 11) is 2.05. The molecule has 2 rings (SSSR count). The zero-order valence-electron chi connectivity index (χ0n) is 8.64. The van der Waals surface area contributed by atoms with Crippen LogP contribution in [0.15, 0.2) is 12.1 Å². The molecule has 1 heterocycles. The van der Waals surface area contributed by atoms with Gasteiger partial charge in [0.2, 0.25) is 0 Å². The normalized spacial score (nSPS) is 32.4. The SMILES string of the molecule is CNC1CCC(C)(c2ccc(Cl)s2)C1. The van der Waals surface area contributed by atoms with Crippen LogP contribution in [-0.4, -0.2) is 13.1 Å². The van der Waals surface area contributed by atoms with Crippen LogP contribution in [0.4, 0.5) is 0 Å². The van der Waals surface area contributed by atoms with E-state index in [0.717, 1.165) is 4.34 Å². The van der Waals surface area contributed by atoms with Crippen LogP contribution in [0.1, 0.15) is 31.1 Å². The summed E-state index contributed by atoms with van der Waals surface area (Å²) in [6.07, 6.45) is 3.79. The second-order valence-electron chi connectivity index (χ2n) is 4.39. The Morgan fingerprint density at radius 1 is 1.57 bits per heavy atom. The van der Waals surface area contributed by atoms with Gasteiger partial charge in [-0.25, -0.2) is 0 Å². The molecule has 1 aromatic rings. The minimum atomic E-state index is 0.353. The van der Waals surface area contributed by atoms with Crippen LogP contribution in [0.25, 0.3) is 0 Å². The van der Waals surface area contributed by atoms with Gasteiger partial charge in [0.05, 0.1) is 4.34 Å². The minimum Gasteiger partial charge on any atom is -0.317 e. The molecule has 1 N–H and O–H groups in total. The Labute approximate surface area is 94.5 Å². The van der Waals surface area contributed by atoms with Crippen molar-refractivity contribution in [1.82, 2.24) is 5.32 Å². The highest BCUT2D eigenvalue weighted by molar-refractivity contribution is 7.16. The topological polar surface area (TPSA) is 12.0 Å². The molecule has 0 radical (unpaired) electrons. The van der Waals surface area contributed by atoms with Crippen LogP contribution in [0, 0.1) is 0 Å². The Morgan fingerprint density at radius 3 is 2.86 bits per heavy atom. The van der Waals surface area contributed by atoms with Crippen molar-refractivity contribution in [3.63, 3.8) is 0 Å². The molecule has 0 bridgehead atoms. The fourth-order valence-electron chi connectivity index (χ4n) is 2.35.